The van der Waals surface area contributed by atoms with Crippen molar-refractivity contribution in [3.05, 3.63) is 63.2 Å². The van der Waals surface area contributed by atoms with E-state index in [9.17, 15) is 4.79 Å². The number of nitrogens with zero attached hydrogens (tertiary/aromatic N) is 2. The fourth-order valence-corrected chi connectivity index (χ4v) is 3.06. The largest absolute Gasteiger partial charge is 0.496 e. The lowest BCUT2D eigenvalue weighted by molar-refractivity contribution is 0.411. The topological polar surface area (TPSA) is 105 Å². The summed E-state index contributed by atoms with van der Waals surface area (Å²) in [5.41, 5.74) is 4.70. The van der Waals surface area contributed by atoms with E-state index >= 15 is 0 Å². The summed E-state index contributed by atoms with van der Waals surface area (Å²) in [4.78, 5) is 22.6. The second kappa shape index (κ2) is 7.48. The van der Waals surface area contributed by atoms with Crippen molar-refractivity contribution in [2.75, 3.05) is 17.7 Å². The van der Waals surface area contributed by atoms with Gasteiger partial charge in [0.2, 0.25) is 5.95 Å². The van der Waals surface area contributed by atoms with Gasteiger partial charge in [0.15, 0.2) is 11.4 Å². The summed E-state index contributed by atoms with van der Waals surface area (Å²) in [6.07, 6.45) is 1.51. The second-order valence-corrected chi connectivity index (χ2v) is 6.89. The highest BCUT2D eigenvalue weighted by molar-refractivity contribution is 6.32. The van der Waals surface area contributed by atoms with E-state index in [2.05, 4.69) is 25.6 Å². The summed E-state index contributed by atoms with van der Waals surface area (Å²) >= 11 is 6.25. The number of methoxy groups -OCH3 is 1. The molecule has 0 fully saturated rings. The lowest BCUT2D eigenvalue weighted by Gasteiger charge is -2.13. The Bertz CT molecular complexity index is 1260. The van der Waals surface area contributed by atoms with Crippen LogP contribution in [0, 0.1) is 13.8 Å². The van der Waals surface area contributed by atoms with Crippen LogP contribution in [0.5, 0.6) is 5.75 Å². The number of oxazole rings is 1. The molecule has 9 heteroatoms. The van der Waals surface area contributed by atoms with Crippen LogP contribution < -0.4 is 21.1 Å². The lowest BCUT2D eigenvalue weighted by Crippen LogP contribution is -2.02. The average molecular weight is 412 g/mol. The van der Waals surface area contributed by atoms with Crippen LogP contribution in [0.25, 0.3) is 11.1 Å². The molecule has 29 heavy (non-hydrogen) atoms. The van der Waals surface area contributed by atoms with Crippen LogP contribution in [0.4, 0.5) is 23.1 Å². The first-order chi connectivity index (χ1) is 13.9. The zero-order chi connectivity index (χ0) is 20.5. The number of aryl methyl sites for hydroxylation is 1. The van der Waals surface area contributed by atoms with Crippen LogP contribution in [0.3, 0.4) is 0 Å². The Balaban J connectivity index is 1.62. The van der Waals surface area contributed by atoms with Crippen LogP contribution in [-0.4, -0.2) is 22.1 Å². The summed E-state index contributed by atoms with van der Waals surface area (Å²) < 4.78 is 10.4. The monoisotopic (exact) mass is 411 g/mol. The van der Waals surface area contributed by atoms with Crippen LogP contribution >= 0.6 is 11.6 Å². The molecule has 4 aromatic rings. The summed E-state index contributed by atoms with van der Waals surface area (Å²) in [6, 6.07) is 9.06. The summed E-state index contributed by atoms with van der Waals surface area (Å²) in [5.74, 6) is 1.07. The van der Waals surface area contributed by atoms with E-state index in [1.54, 1.807) is 25.3 Å². The highest BCUT2D eigenvalue weighted by Crippen LogP contribution is 2.29. The third-order valence-corrected chi connectivity index (χ3v) is 4.80. The van der Waals surface area contributed by atoms with E-state index < -0.39 is 5.76 Å². The molecular weight excluding hydrogens is 394 g/mol. The Morgan fingerprint density at radius 1 is 1.14 bits per heavy atom. The van der Waals surface area contributed by atoms with Gasteiger partial charge in [-0.15, -0.1) is 0 Å². The molecule has 0 aliphatic carbocycles. The molecule has 8 nitrogen and oxygen atoms in total. The first-order valence-electron chi connectivity index (χ1n) is 8.77. The van der Waals surface area contributed by atoms with Crippen molar-refractivity contribution in [3.8, 4) is 5.75 Å². The number of aromatic amines is 1. The molecule has 0 bridgehead atoms. The lowest BCUT2D eigenvalue weighted by atomic mass is 10.1. The van der Waals surface area contributed by atoms with Gasteiger partial charge in [0, 0.05) is 17.4 Å². The first kappa shape index (κ1) is 18.8. The summed E-state index contributed by atoms with van der Waals surface area (Å²) in [6.45, 7) is 4.01. The minimum Gasteiger partial charge on any atom is -0.496 e. The van der Waals surface area contributed by atoms with E-state index in [1.165, 1.54) is 6.20 Å². The van der Waals surface area contributed by atoms with Gasteiger partial charge < -0.3 is 19.8 Å². The third kappa shape index (κ3) is 3.88. The number of H-pyrrole nitrogens is 1. The van der Waals surface area contributed by atoms with Crippen LogP contribution in [0.15, 0.2) is 45.7 Å². The number of aromatic nitrogens is 3. The predicted octanol–water partition coefficient (Wildman–Crippen LogP) is 4.68. The minimum atomic E-state index is -0.507. The molecular formula is C20H18ClN5O3. The number of hydrogen-bond acceptors (Lipinski definition) is 7. The van der Waals surface area contributed by atoms with Gasteiger partial charge in [0.05, 0.1) is 18.8 Å². The maximum atomic E-state index is 11.3. The number of rotatable bonds is 5. The summed E-state index contributed by atoms with van der Waals surface area (Å²) in [5, 5.41) is 6.66. The molecule has 2 heterocycles. The quantitative estimate of drug-likeness (QED) is 0.438. The van der Waals surface area contributed by atoms with Crippen LogP contribution in [0.1, 0.15) is 11.1 Å². The van der Waals surface area contributed by atoms with Crippen molar-refractivity contribution in [1.29, 1.82) is 0 Å². The van der Waals surface area contributed by atoms with E-state index in [0.717, 1.165) is 22.6 Å². The van der Waals surface area contributed by atoms with Gasteiger partial charge in [-0.1, -0.05) is 11.6 Å². The van der Waals surface area contributed by atoms with Gasteiger partial charge in [-0.2, -0.15) is 4.98 Å². The van der Waals surface area contributed by atoms with Crippen LogP contribution in [0.2, 0.25) is 5.02 Å². The molecule has 2 aromatic heterocycles. The van der Waals surface area contributed by atoms with Gasteiger partial charge in [0.1, 0.15) is 10.8 Å². The minimum absolute atomic E-state index is 0.356. The molecule has 148 valence electrons. The molecule has 0 aliphatic rings. The zero-order valence-electron chi connectivity index (χ0n) is 16.0. The van der Waals surface area contributed by atoms with Gasteiger partial charge in [0.25, 0.3) is 0 Å². The Hall–Kier alpha value is -3.52. The second-order valence-electron chi connectivity index (χ2n) is 6.49. The number of halogens is 1. The maximum Gasteiger partial charge on any atom is 0.417 e. The Morgan fingerprint density at radius 2 is 1.97 bits per heavy atom. The molecule has 3 N–H and O–H groups in total. The molecule has 0 atom stereocenters. The smallest absolute Gasteiger partial charge is 0.417 e. The number of benzene rings is 2. The maximum absolute atomic E-state index is 11.3. The van der Waals surface area contributed by atoms with Crippen molar-refractivity contribution >= 4 is 45.8 Å². The molecule has 0 unspecified atom stereocenters. The number of anilines is 4. The van der Waals surface area contributed by atoms with Crippen LogP contribution in [-0.2, 0) is 0 Å². The zero-order valence-corrected chi connectivity index (χ0v) is 16.7. The Labute approximate surface area is 170 Å². The molecule has 0 amide bonds. The van der Waals surface area contributed by atoms with Gasteiger partial charge >= 0.3 is 5.76 Å². The highest BCUT2D eigenvalue weighted by Gasteiger charge is 2.10. The fraction of sp³-hybridized carbons (Fsp3) is 0.150. The van der Waals surface area contributed by atoms with E-state index in [-0.39, 0.29) is 0 Å². The molecule has 0 radical (unpaired) electrons. The Morgan fingerprint density at radius 3 is 2.76 bits per heavy atom. The van der Waals surface area contributed by atoms with Crippen molar-refractivity contribution in [2.24, 2.45) is 0 Å². The highest BCUT2D eigenvalue weighted by atomic mass is 35.5. The number of hydrogen-bond donors (Lipinski definition) is 3. The SMILES string of the molecule is COc1cc(Nc2ncc(Cl)c(Nc3ccc4oc(=O)[nH]c4c3)n2)cc(C)c1C. The van der Waals surface area contributed by atoms with Crippen molar-refractivity contribution in [3.63, 3.8) is 0 Å². The third-order valence-electron chi connectivity index (χ3n) is 4.52. The van der Waals surface area contributed by atoms with Crippen molar-refractivity contribution < 1.29 is 9.15 Å². The standard InChI is InChI=1S/C20H18ClN5O3/c1-10-6-13(8-17(28-3)11(10)2)24-19-22-9-14(21)18(26-19)23-12-4-5-16-15(7-12)25-20(27)29-16/h4-9H,1-3H3,(H,25,27)(H2,22,23,24,26). The van der Waals surface area contributed by atoms with Gasteiger partial charge in [-0.25, -0.2) is 9.78 Å². The predicted molar refractivity (Wildman–Crippen MR) is 113 cm³/mol. The number of ether oxygens (including phenoxy) is 1. The van der Waals surface area contributed by atoms with E-state index in [1.807, 2.05) is 26.0 Å². The van der Waals surface area contributed by atoms with Gasteiger partial charge in [-0.3, -0.25) is 4.98 Å². The number of fused-ring (bicyclic) bond motifs is 1. The van der Waals surface area contributed by atoms with Crippen molar-refractivity contribution in [1.82, 2.24) is 15.0 Å². The fourth-order valence-electron chi connectivity index (χ4n) is 2.92. The molecule has 4 rings (SSSR count). The summed E-state index contributed by atoms with van der Waals surface area (Å²) in [7, 11) is 1.64. The molecule has 0 saturated heterocycles. The molecule has 2 aromatic carbocycles. The van der Waals surface area contributed by atoms with Crippen molar-refractivity contribution in [2.45, 2.75) is 13.8 Å². The van der Waals surface area contributed by atoms with E-state index in [0.29, 0.717) is 33.6 Å². The first-order valence-corrected chi connectivity index (χ1v) is 9.15. The molecule has 0 spiro atoms. The normalized spacial score (nSPS) is 10.9. The van der Waals surface area contributed by atoms with E-state index in [4.69, 9.17) is 20.8 Å². The Kier molecular flexibility index (Phi) is 4.85. The number of nitrogens with one attached hydrogen (secondary N) is 3. The average Bonchev–Trinajstić information content (AvgIpc) is 3.06. The molecule has 0 saturated carbocycles. The van der Waals surface area contributed by atoms with Gasteiger partial charge in [-0.05, 0) is 49.2 Å². The molecule has 0 aliphatic heterocycles.